The lowest BCUT2D eigenvalue weighted by Crippen LogP contribution is -2.60. The molecule has 3 aromatic rings. The number of aromatic hydroxyl groups is 4. The molecule has 1 aliphatic rings. The van der Waals surface area contributed by atoms with Crippen LogP contribution in [0.3, 0.4) is 0 Å². The van der Waals surface area contributed by atoms with Gasteiger partial charge in [-0.3, -0.25) is 4.79 Å². The maximum absolute atomic E-state index is 12.7. The average Bonchev–Trinajstić information content (AvgIpc) is 2.77. The first-order valence-electron chi connectivity index (χ1n) is 9.64. The third-order valence-corrected chi connectivity index (χ3v) is 5.26. The summed E-state index contributed by atoms with van der Waals surface area (Å²) in [6.07, 6.45) is -8.27. The molecule has 1 aromatic heterocycles. The number of aliphatic hydroxyl groups excluding tert-OH is 4. The molecule has 0 aliphatic carbocycles. The number of hydrogen-bond acceptors (Lipinski definition) is 12. The van der Waals surface area contributed by atoms with E-state index in [4.69, 9.17) is 13.9 Å². The van der Waals surface area contributed by atoms with Gasteiger partial charge >= 0.3 is 0 Å². The van der Waals surface area contributed by atoms with Crippen molar-refractivity contribution in [1.29, 1.82) is 0 Å². The van der Waals surface area contributed by atoms with Crippen LogP contribution in [0.2, 0.25) is 0 Å². The molecule has 1 unspecified atom stereocenters. The second-order valence-electron chi connectivity index (χ2n) is 7.44. The van der Waals surface area contributed by atoms with E-state index in [-0.39, 0.29) is 16.7 Å². The van der Waals surface area contributed by atoms with E-state index in [2.05, 4.69) is 0 Å². The smallest absolute Gasteiger partial charge is 0.229 e. The number of rotatable bonds is 4. The fraction of sp³-hybridized carbons (Fsp3) is 0.286. The minimum absolute atomic E-state index is 0.133. The molecule has 1 saturated heterocycles. The molecule has 0 saturated carbocycles. The van der Waals surface area contributed by atoms with Gasteiger partial charge in [-0.2, -0.15) is 0 Å². The van der Waals surface area contributed by atoms with E-state index in [9.17, 15) is 45.6 Å². The van der Waals surface area contributed by atoms with Gasteiger partial charge in [-0.25, -0.2) is 0 Å². The normalized spacial score (nSPS) is 25.3. The molecular formula is C21H20O12. The zero-order valence-corrected chi connectivity index (χ0v) is 16.7. The summed E-state index contributed by atoms with van der Waals surface area (Å²) in [5.41, 5.74) is -1.06. The molecule has 2 heterocycles. The Labute approximate surface area is 184 Å². The molecular weight excluding hydrogens is 444 g/mol. The third-order valence-electron chi connectivity index (χ3n) is 5.26. The molecule has 33 heavy (non-hydrogen) atoms. The average molecular weight is 464 g/mol. The van der Waals surface area contributed by atoms with Gasteiger partial charge in [0.15, 0.2) is 28.3 Å². The van der Waals surface area contributed by atoms with E-state index >= 15 is 0 Å². The highest BCUT2D eigenvalue weighted by Gasteiger charge is 2.45. The van der Waals surface area contributed by atoms with Gasteiger partial charge in [0.1, 0.15) is 41.3 Å². The Morgan fingerprint density at radius 3 is 2.24 bits per heavy atom. The van der Waals surface area contributed by atoms with E-state index < -0.39 is 77.1 Å². The van der Waals surface area contributed by atoms with E-state index in [1.54, 1.807) is 0 Å². The molecule has 0 spiro atoms. The van der Waals surface area contributed by atoms with E-state index in [1.165, 1.54) is 6.07 Å². The van der Waals surface area contributed by atoms with Crippen LogP contribution >= 0.6 is 0 Å². The van der Waals surface area contributed by atoms with Gasteiger partial charge in [0, 0.05) is 17.7 Å². The maximum Gasteiger partial charge on any atom is 0.229 e. The second-order valence-corrected chi connectivity index (χ2v) is 7.44. The van der Waals surface area contributed by atoms with Crippen LogP contribution in [0.25, 0.3) is 22.3 Å². The van der Waals surface area contributed by atoms with E-state index in [0.717, 1.165) is 24.3 Å². The van der Waals surface area contributed by atoms with Crippen LogP contribution in [0.15, 0.2) is 39.5 Å². The van der Waals surface area contributed by atoms with Crippen molar-refractivity contribution in [1.82, 2.24) is 0 Å². The highest BCUT2D eigenvalue weighted by Crippen LogP contribution is 2.42. The fourth-order valence-corrected chi connectivity index (χ4v) is 3.49. The molecule has 12 heteroatoms. The van der Waals surface area contributed by atoms with Crippen molar-refractivity contribution in [2.24, 2.45) is 0 Å². The quantitative estimate of drug-likeness (QED) is 0.229. The van der Waals surface area contributed by atoms with Crippen LogP contribution in [-0.4, -0.2) is 78.2 Å². The highest BCUT2D eigenvalue weighted by atomic mass is 16.7. The summed E-state index contributed by atoms with van der Waals surface area (Å²) in [7, 11) is 0. The number of aliphatic hydroxyl groups is 4. The molecule has 0 bridgehead atoms. The van der Waals surface area contributed by atoms with Crippen LogP contribution in [0.4, 0.5) is 0 Å². The summed E-state index contributed by atoms with van der Waals surface area (Å²) in [4.78, 5) is 12.7. The number of phenols is 4. The van der Waals surface area contributed by atoms with Crippen LogP contribution in [0, 0.1) is 0 Å². The minimum atomic E-state index is -1.82. The van der Waals surface area contributed by atoms with Gasteiger partial charge < -0.3 is 54.7 Å². The van der Waals surface area contributed by atoms with Crippen LogP contribution in [-0.2, 0) is 4.74 Å². The van der Waals surface area contributed by atoms with Crippen molar-refractivity contribution in [3.05, 3.63) is 40.6 Å². The number of ether oxygens (including phenoxy) is 2. The Balaban J connectivity index is 1.85. The largest absolute Gasteiger partial charge is 0.507 e. The summed E-state index contributed by atoms with van der Waals surface area (Å²) < 4.78 is 16.4. The summed E-state index contributed by atoms with van der Waals surface area (Å²) >= 11 is 0. The van der Waals surface area contributed by atoms with Gasteiger partial charge in [-0.15, -0.1) is 0 Å². The van der Waals surface area contributed by atoms with Crippen LogP contribution in [0.1, 0.15) is 0 Å². The minimum Gasteiger partial charge on any atom is -0.507 e. The molecule has 1 fully saturated rings. The molecule has 0 radical (unpaired) electrons. The molecule has 5 atom stereocenters. The third kappa shape index (κ3) is 3.90. The Morgan fingerprint density at radius 1 is 0.848 bits per heavy atom. The predicted molar refractivity (Wildman–Crippen MR) is 109 cm³/mol. The van der Waals surface area contributed by atoms with Crippen molar-refractivity contribution in [2.75, 3.05) is 6.61 Å². The molecule has 4 rings (SSSR count). The summed E-state index contributed by atoms with van der Waals surface area (Å²) in [6, 6.07) is 5.40. The van der Waals surface area contributed by atoms with Crippen LogP contribution < -0.4 is 10.2 Å². The van der Waals surface area contributed by atoms with Crippen molar-refractivity contribution < 1.29 is 54.7 Å². The van der Waals surface area contributed by atoms with E-state index in [1.807, 2.05) is 0 Å². The molecule has 1 aliphatic heterocycles. The number of phenolic OH excluding ortho intramolecular Hbond substituents is 4. The Kier molecular flexibility index (Phi) is 5.78. The maximum atomic E-state index is 12.7. The lowest BCUT2D eigenvalue weighted by atomic mass is 9.99. The van der Waals surface area contributed by atoms with Crippen LogP contribution in [0.5, 0.6) is 28.7 Å². The number of hydrogen-bond donors (Lipinski definition) is 8. The Morgan fingerprint density at radius 2 is 1.58 bits per heavy atom. The summed E-state index contributed by atoms with van der Waals surface area (Å²) in [6.45, 7) is -0.726. The standard InChI is InChI=1S/C21H20O12/c22-6-14-16(28)17(29)18(30)21(32-14)33-19-12(27)4-10(25)15-11(26)5-13(31-20(15)19)7-1-2-8(23)9(24)3-7/h1-5,14,16-18,21-25,27-30H,6H2/t14-,16-,17+,18-,21?/m1/s1. The first-order valence-corrected chi connectivity index (χ1v) is 9.64. The second kappa shape index (κ2) is 8.42. The topological polar surface area (TPSA) is 211 Å². The van der Waals surface area contributed by atoms with Crippen molar-refractivity contribution in [2.45, 2.75) is 30.7 Å². The number of benzene rings is 2. The van der Waals surface area contributed by atoms with Gasteiger partial charge in [0.25, 0.3) is 0 Å². The Hall–Kier alpha value is -3.55. The highest BCUT2D eigenvalue weighted by molar-refractivity contribution is 5.91. The zero-order chi connectivity index (χ0) is 24.0. The molecule has 2 aromatic carbocycles. The summed E-state index contributed by atoms with van der Waals surface area (Å²) in [5, 5.41) is 78.8. The number of fused-ring (bicyclic) bond motifs is 1. The lowest BCUT2D eigenvalue weighted by Gasteiger charge is -2.39. The molecule has 0 amide bonds. The SMILES string of the molecule is O=c1cc(-c2ccc(O)c(O)c2)oc2c(OC3O[C@H](CO)[C@@H](O)[C@H](O)[C@H]3O)c(O)cc(O)c12. The fourth-order valence-electron chi connectivity index (χ4n) is 3.49. The lowest BCUT2D eigenvalue weighted by molar-refractivity contribution is -0.277. The predicted octanol–water partition coefficient (Wildman–Crippen LogP) is -0.539. The van der Waals surface area contributed by atoms with Crippen molar-refractivity contribution in [3.63, 3.8) is 0 Å². The van der Waals surface area contributed by atoms with Gasteiger partial charge in [0.05, 0.1) is 6.61 Å². The van der Waals surface area contributed by atoms with Crippen molar-refractivity contribution in [3.8, 4) is 40.1 Å². The monoisotopic (exact) mass is 464 g/mol. The molecule has 176 valence electrons. The molecule has 12 nitrogen and oxygen atoms in total. The summed E-state index contributed by atoms with van der Waals surface area (Å²) in [5.74, 6) is -2.94. The van der Waals surface area contributed by atoms with Gasteiger partial charge in [0.2, 0.25) is 12.0 Å². The molecule has 8 N–H and O–H groups in total. The van der Waals surface area contributed by atoms with Gasteiger partial charge in [-0.05, 0) is 18.2 Å². The Bertz CT molecular complexity index is 1250. The van der Waals surface area contributed by atoms with Gasteiger partial charge in [-0.1, -0.05) is 0 Å². The zero-order valence-electron chi connectivity index (χ0n) is 16.7. The first-order chi connectivity index (χ1) is 15.6. The van der Waals surface area contributed by atoms with Crippen molar-refractivity contribution >= 4 is 11.0 Å². The van der Waals surface area contributed by atoms with E-state index in [0.29, 0.717) is 0 Å². The first kappa shape index (κ1) is 22.6.